The minimum atomic E-state index is 0.641. The van der Waals surface area contributed by atoms with Gasteiger partial charge in [-0.15, -0.1) is 11.3 Å². The van der Waals surface area contributed by atoms with Gasteiger partial charge in [0.2, 0.25) is 0 Å². The number of thiazole rings is 1. The van der Waals surface area contributed by atoms with Gasteiger partial charge in [0.05, 0.1) is 12.2 Å². The van der Waals surface area contributed by atoms with Gasteiger partial charge in [-0.25, -0.2) is 14.6 Å². The molecule has 0 saturated carbocycles. The summed E-state index contributed by atoms with van der Waals surface area (Å²) in [6.07, 6.45) is 4.82. The monoisotopic (exact) mass is 383 g/mol. The fourth-order valence-electron chi connectivity index (χ4n) is 2.67. The molecule has 0 aliphatic carbocycles. The zero-order valence-corrected chi connectivity index (χ0v) is 17.0. The van der Waals surface area contributed by atoms with Gasteiger partial charge < -0.3 is 10.6 Å². The van der Waals surface area contributed by atoms with Crippen molar-refractivity contribution < 1.29 is 0 Å². The van der Waals surface area contributed by atoms with Crippen LogP contribution >= 0.6 is 11.3 Å². The summed E-state index contributed by atoms with van der Waals surface area (Å²) in [7, 11) is 1.76. The van der Waals surface area contributed by atoms with E-state index in [4.69, 9.17) is 0 Å². The van der Waals surface area contributed by atoms with Crippen molar-refractivity contribution in [3.05, 3.63) is 57.4 Å². The first-order valence-corrected chi connectivity index (χ1v) is 9.77. The normalized spacial score (nSPS) is 11.6. The Labute approximate surface area is 163 Å². The summed E-state index contributed by atoms with van der Waals surface area (Å²) in [5.74, 6) is 1.56. The van der Waals surface area contributed by atoms with Crippen LogP contribution in [0.1, 0.15) is 33.8 Å². The van der Waals surface area contributed by atoms with E-state index in [0.29, 0.717) is 13.1 Å². The van der Waals surface area contributed by atoms with Gasteiger partial charge in [-0.3, -0.25) is 4.99 Å². The predicted octanol–water partition coefficient (Wildman–Crippen LogP) is 2.77. The van der Waals surface area contributed by atoms with Crippen molar-refractivity contribution in [2.75, 3.05) is 7.05 Å². The van der Waals surface area contributed by atoms with Crippen LogP contribution in [-0.2, 0) is 19.5 Å². The largest absolute Gasteiger partial charge is 0.352 e. The van der Waals surface area contributed by atoms with Crippen LogP contribution < -0.4 is 10.6 Å². The molecule has 0 atom stereocenters. The molecule has 3 rings (SSSR count). The Kier molecular flexibility index (Phi) is 6.18. The fraction of sp³-hybridized carbons (Fsp3) is 0.368. The van der Waals surface area contributed by atoms with Crippen LogP contribution in [0.15, 0.2) is 35.6 Å². The van der Waals surface area contributed by atoms with Crippen LogP contribution in [0.2, 0.25) is 0 Å². The molecule has 0 aliphatic heterocycles. The molecule has 8 heteroatoms. The van der Waals surface area contributed by atoms with Crippen molar-refractivity contribution in [1.82, 2.24) is 30.4 Å². The zero-order chi connectivity index (χ0) is 19.2. The van der Waals surface area contributed by atoms with Gasteiger partial charge in [0.25, 0.3) is 0 Å². The molecule has 7 nitrogen and oxygen atoms in total. The number of aromatic nitrogens is 4. The third-order valence-electron chi connectivity index (χ3n) is 4.08. The van der Waals surface area contributed by atoms with Gasteiger partial charge in [-0.05, 0) is 38.0 Å². The van der Waals surface area contributed by atoms with Crippen LogP contribution in [-0.4, -0.2) is 32.8 Å². The number of aryl methyl sites for hydroxylation is 3. The molecule has 0 fully saturated rings. The first-order chi connectivity index (χ1) is 13.1. The van der Waals surface area contributed by atoms with Gasteiger partial charge in [-0.2, -0.15) is 5.10 Å². The summed E-state index contributed by atoms with van der Waals surface area (Å²) >= 11 is 1.73. The number of pyridine rings is 1. The van der Waals surface area contributed by atoms with Crippen LogP contribution in [0.25, 0.3) is 5.82 Å². The van der Waals surface area contributed by atoms with Gasteiger partial charge in [0.15, 0.2) is 11.8 Å². The molecule has 0 aromatic carbocycles. The fourth-order valence-corrected chi connectivity index (χ4v) is 3.47. The van der Waals surface area contributed by atoms with Gasteiger partial charge in [0, 0.05) is 36.6 Å². The van der Waals surface area contributed by atoms with E-state index in [9.17, 15) is 0 Å². The molecule has 3 heterocycles. The molecule has 27 heavy (non-hydrogen) atoms. The van der Waals surface area contributed by atoms with Crippen molar-refractivity contribution >= 4 is 17.3 Å². The third-order valence-corrected chi connectivity index (χ3v) is 5.22. The SMILES string of the molecule is CCc1cnc(CNC(=NC)NCc2ccc(-n3nc(C)cc3C)nc2)s1. The average Bonchev–Trinajstić information content (AvgIpc) is 3.28. The molecular weight excluding hydrogens is 358 g/mol. The van der Waals surface area contributed by atoms with E-state index in [1.165, 1.54) is 4.88 Å². The number of rotatable bonds is 6. The second-order valence-corrected chi connectivity index (χ2v) is 7.42. The molecule has 0 bridgehead atoms. The van der Waals surface area contributed by atoms with Crippen LogP contribution in [0.5, 0.6) is 0 Å². The Morgan fingerprint density at radius 1 is 1.15 bits per heavy atom. The van der Waals surface area contributed by atoms with E-state index in [1.807, 2.05) is 49.1 Å². The molecule has 0 unspecified atom stereocenters. The first kappa shape index (κ1) is 19.0. The van der Waals surface area contributed by atoms with Crippen molar-refractivity contribution in [1.29, 1.82) is 0 Å². The van der Waals surface area contributed by atoms with Crippen molar-refractivity contribution in [2.45, 2.75) is 40.3 Å². The second-order valence-electron chi connectivity index (χ2n) is 6.22. The summed E-state index contributed by atoms with van der Waals surface area (Å²) in [6, 6.07) is 6.07. The molecule has 142 valence electrons. The van der Waals surface area contributed by atoms with E-state index in [0.717, 1.165) is 40.2 Å². The standard InChI is InChI=1S/C19H25N7S/c1-5-16-11-22-18(27-16)12-24-19(20-4)23-10-15-6-7-17(21-9-15)26-14(3)8-13(2)25-26/h6-9,11H,5,10,12H2,1-4H3,(H2,20,23,24). The molecule has 2 N–H and O–H groups in total. The maximum absolute atomic E-state index is 4.52. The van der Waals surface area contributed by atoms with E-state index in [2.05, 4.69) is 37.6 Å². The summed E-state index contributed by atoms with van der Waals surface area (Å²) in [4.78, 5) is 14.5. The number of guanidine groups is 1. The second kappa shape index (κ2) is 8.77. The third kappa shape index (κ3) is 4.91. The van der Waals surface area contributed by atoms with E-state index in [-0.39, 0.29) is 0 Å². The van der Waals surface area contributed by atoms with E-state index < -0.39 is 0 Å². The minimum Gasteiger partial charge on any atom is -0.352 e. The zero-order valence-electron chi connectivity index (χ0n) is 16.2. The maximum Gasteiger partial charge on any atom is 0.191 e. The van der Waals surface area contributed by atoms with Crippen molar-refractivity contribution in [3.8, 4) is 5.82 Å². The first-order valence-electron chi connectivity index (χ1n) is 8.95. The molecule has 0 radical (unpaired) electrons. The highest BCUT2D eigenvalue weighted by Gasteiger charge is 2.06. The predicted molar refractivity (Wildman–Crippen MR) is 109 cm³/mol. The molecule has 0 aliphatic rings. The quantitative estimate of drug-likeness (QED) is 0.505. The number of hydrogen-bond acceptors (Lipinski definition) is 5. The van der Waals surface area contributed by atoms with Crippen molar-refractivity contribution in [3.63, 3.8) is 0 Å². The number of hydrogen-bond donors (Lipinski definition) is 2. The minimum absolute atomic E-state index is 0.641. The van der Waals surface area contributed by atoms with Crippen LogP contribution in [0, 0.1) is 13.8 Å². The van der Waals surface area contributed by atoms with E-state index in [1.54, 1.807) is 18.4 Å². The lowest BCUT2D eigenvalue weighted by Crippen LogP contribution is -2.36. The molecule has 0 saturated heterocycles. The summed E-state index contributed by atoms with van der Waals surface area (Å²) in [5, 5.41) is 12.1. The summed E-state index contributed by atoms with van der Waals surface area (Å²) in [6.45, 7) is 7.45. The van der Waals surface area contributed by atoms with Crippen LogP contribution in [0.4, 0.5) is 0 Å². The number of nitrogens with zero attached hydrogens (tertiary/aromatic N) is 5. The van der Waals surface area contributed by atoms with Gasteiger partial charge >= 0.3 is 0 Å². The van der Waals surface area contributed by atoms with E-state index >= 15 is 0 Å². The van der Waals surface area contributed by atoms with Crippen molar-refractivity contribution in [2.24, 2.45) is 4.99 Å². The Morgan fingerprint density at radius 2 is 1.96 bits per heavy atom. The average molecular weight is 384 g/mol. The number of aliphatic imine (C=N–C) groups is 1. The highest BCUT2D eigenvalue weighted by molar-refractivity contribution is 7.11. The highest BCUT2D eigenvalue weighted by atomic mass is 32.1. The molecular formula is C19H25N7S. The lowest BCUT2D eigenvalue weighted by molar-refractivity contribution is 0.788. The highest BCUT2D eigenvalue weighted by Crippen LogP contribution is 2.13. The Bertz CT molecular complexity index is 909. The van der Waals surface area contributed by atoms with Gasteiger partial charge in [0.1, 0.15) is 5.01 Å². The molecule has 0 spiro atoms. The number of nitrogens with one attached hydrogen (secondary N) is 2. The summed E-state index contributed by atoms with van der Waals surface area (Å²) < 4.78 is 1.85. The topological polar surface area (TPSA) is 80.0 Å². The van der Waals surface area contributed by atoms with Crippen LogP contribution in [0.3, 0.4) is 0 Å². The molecule has 3 aromatic heterocycles. The maximum atomic E-state index is 4.52. The Morgan fingerprint density at radius 3 is 2.56 bits per heavy atom. The lowest BCUT2D eigenvalue weighted by Gasteiger charge is -2.11. The molecule has 3 aromatic rings. The summed E-state index contributed by atoms with van der Waals surface area (Å²) in [5.41, 5.74) is 3.14. The lowest BCUT2D eigenvalue weighted by atomic mass is 10.3. The van der Waals surface area contributed by atoms with Gasteiger partial charge in [-0.1, -0.05) is 13.0 Å². The Hall–Kier alpha value is -2.74. The smallest absolute Gasteiger partial charge is 0.191 e. The Balaban J connectivity index is 1.54. The molecule has 0 amide bonds.